The highest BCUT2D eigenvalue weighted by atomic mass is 32.2. The van der Waals surface area contributed by atoms with Crippen molar-refractivity contribution in [3.05, 3.63) is 60.2 Å². The van der Waals surface area contributed by atoms with Crippen molar-refractivity contribution in [2.75, 3.05) is 24.5 Å². The van der Waals surface area contributed by atoms with Gasteiger partial charge in [-0.1, -0.05) is 18.2 Å². The number of rotatable bonds is 3. The first-order chi connectivity index (χ1) is 13.1. The minimum Gasteiger partial charge on any atom is -0.375 e. The van der Waals surface area contributed by atoms with E-state index in [1.54, 1.807) is 36.4 Å². The third kappa shape index (κ3) is 2.29. The molecular weight excluding hydrogens is 362 g/mol. The normalized spacial score (nSPS) is 21.7. The number of nitrogens with zero attached hydrogens (tertiary/aromatic N) is 4. The maximum Gasteiger partial charge on any atom is 0.269 e. The number of benzene rings is 1. The third-order valence-corrected chi connectivity index (χ3v) is 7.16. The van der Waals surface area contributed by atoms with Crippen molar-refractivity contribution in [2.24, 2.45) is 5.92 Å². The average molecular weight is 379 g/mol. The molecule has 7 nitrogen and oxygen atoms in total. The minimum atomic E-state index is -3.74. The molecule has 2 aliphatic rings. The van der Waals surface area contributed by atoms with Crippen LogP contribution in [0, 0.1) is 12.5 Å². The molecule has 2 aromatic heterocycles. The molecule has 1 aromatic carbocycles. The van der Waals surface area contributed by atoms with E-state index in [2.05, 4.69) is 20.0 Å². The zero-order chi connectivity index (χ0) is 18.6. The minimum absolute atomic E-state index is 0.212. The highest BCUT2D eigenvalue weighted by Crippen LogP contribution is 2.43. The van der Waals surface area contributed by atoms with Crippen LogP contribution in [0.1, 0.15) is 0 Å². The first-order valence-corrected chi connectivity index (χ1v) is 10.2. The Labute approximate surface area is 157 Å². The zero-order valence-corrected chi connectivity index (χ0v) is 15.2. The lowest BCUT2D eigenvalue weighted by Crippen LogP contribution is -2.55. The first-order valence-electron chi connectivity index (χ1n) is 8.77. The van der Waals surface area contributed by atoms with Gasteiger partial charge in [-0.25, -0.2) is 22.2 Å². The van der Waals surface area contributed by atoms with Crippen molar-refractivity contribution < 1.29 is 8.42 Å². The van der Waals surface area contributed by atoms with E-state index in [1.165, 1.54) is 16.4 Å². The monoisotopic (exact) mass is 379 g/mol. The van der Waals surface area contributed by atoms with Gasteiger partial charge in [0.2, 0.25) is 5.69 Å². The standard InChI is InChI=1S/C19H17N5O2S/c1-20-16-10-22-19-15(18(16)23-12-13-9-21-11-17(13)23)7-8-24(19)27(25,26)14-5-3-2-4-6-14/h2-8,10,13,17,21H,9,11-12H2. The number of anilines is 1. The maximum atomic E-state index is 13.0. The number of nitrogens with one attached hydrogen (secondary N) is 1. The number of hydrogen-bond donors (Lipinski definition) is 1. The number of hydrogen-bond acceptors (Lipinski definition) is 5. The van der Waals surface area contributed by atoms with Crippen LogP contribution in [0.25, 0.3) is 15.9 Å². The van der Waals surface area contributed by atoms with Crippen molar-refractivity contribution in [2.45, 2.75) is 10.9 Å². The summed E-state index contributed by atoms with van der Waals surface area (Å²) >= 11 is 0. The SMILES string of the molecule is [C-]#[N+]c1cnc2c(ccn2S(=O)(=O)c2ccccc2)c1N1CC2CNCC21. The van der Waals surface area contributed by atoms with E-state index in [0.717, 1.165) is 25.3 Å². The lowest BCUT2D eigenvalue weighted by atomic mass is 9.90. The Kier molecular flexibility index (Phi) is 3.50. The molecular formula is C19H17N5O2S. The molecule has 2 saturated heterocycles. The van der Waals surface area contributed by atoms with E-state index in [0.29, 0.717) is 28.7 Å². The summed E-state index contributed by atoms with van der Waals surface area (Å²) in [5.74, 6) is 0.585. The summed E-state index contributed by atoms with van der Waals surface area (Å²) < 4.78 is 27.3. The summed E-state index contributed by atoms with van der Waals surface area (Å²) in [4.78, 5) is 10.4. The van der Waals surface area contributed by atoms with E-state index in [-0.39, 0.29) is 4.90 Å². The fraction of sp³-hybridized carbons (Fsp3) is 0.263. The van der Waals surface area contributed by atoms with Crippen molar-refractivity contribution in [1.82, 2.24) is 14.3 Å². The van der Waals surface area contributed by atoms with Crippen LogP contribution < -0.4 is 10.2 Å². The van der Waals surface area contributed by atoms with E-state index >= 15 is 0 Å². The lowest BCUT2D eigenvalue weighted by Gasteiger charge is -2.46. The van der Waals surface area contributed by atoms with Crippen LogP contribution in [0.15, 0.2) is 53.7 Å². The molecule has 0 bridgehead atoms. The van der Waals surface area contributed by atoms with Crippen LogP contribution in [0.4, 0.5) is 11.4 Å². The Bertz CT molecular complexity index is 1180. The molecule has 2 unspecified atom stereocenters. The zero-order valence-electron chi connectivity index (χ0n) is 14.4. The molecule has 8 heteroatoms. The van der Waals surface area contributed by atoms with E-state index in [1.807, 2.05) is 0 Å². The predicted octanol–water partition coefficient (Wildman–Crippen LogP) is 2.23. The average Bonchev–Trinajstić information content (AvgIpc) is 3.27. The van der Waals surface area contributed by atoms with Crippen molar-refractivity contribution in [1.29, 1.82) is 0 Å². The van der Waals surface area contributed by atoms with Crippen molar-refractivity contribution >= 4 is 32.4 Å². The molecule has 2 aliphatic heterocycles. The maximum absolute atomic E-state index is 13.0. The van der Waals surface area contributed by atoms with E-state index in [9.17, 15) is 8.42 Å². The van der Waals surface area contributed by atoms with Crippen LogP contribution in [0.5, 0.6) is 0 Å². The van der Waals surface area contributed by atoms with Crippen LogP contribution in [0.2, 0.25) is 0 Å². The lowest BCUT2D eigenvalue weighted by molar-refractivity contribution is 0.367. The Balaban J connectivity index is 1.68. The Morgan fingerprint density at radius 1 is 1.19 bits per heavy atom. The van der Waals surface area contributed by atoms with Crippen molar-refractivity contribution in [3.63, 3.8) is 0 Å². The smallest absolute Gasteiger partial charge is 0.269 e. The molecule has 5 rings (SSSR count). The molecule has 0 spiro atoms. The summed E-state index contributed by atoms with van der Waals surface area (Å²) in [6.07, 6.45) is 3.01. The molecule has 0 aliphatic carbocycles. The summed E-state index contributed by atoms with van der Waals surface area (Å²) in [5, 5.41) is 4.09. The fourth-order valence-electron chi connectivity index (χ4n) is 4.10. The Hall–Kier alpha value is -2.89. The van der Waals surface area contributed by atoms with Gasteiger partial charge < -0.3 is 10.2 Å². The second-order valence-corrected chi connectivity index (χ2v) is 8.72. The molecule has 136 valence electrons. The summed E-state index contributed by atoms with van der Waals surface area (Å²) in [6, 6.07) is 10.4. The molecule has 0 amide bonds. The molecule has 1 N–H and O–H groups in total. The molecule has 3 aromatic rings. The van der Waals surface area contributed by atoms with Gasteiger partial charge in [-0.15, -0.1) is 0 Å². The summed E-state index contributed by atoms with van der Waals surface area (Å²) in [6.45, 7) is 10.3. The molecule has 4 heterocycles. The Morgan fingerprint density at radius 2 is 2.00 bits per heavy atom. The molecule has 27 heavy (non-hydrogen) atoms. The van der Waals surface area contributed by atoms with Crippen LogP contribution in [-0.4, -0.2) is 43.1 Å². The van der Waals surface area contributed by atoms with Crippen molar-refractivity contribution in [3.8, 4) is 0 Å². The van der Waals surface area contributed by atoms with E-state index < -0.39 is 10.0 Å². The second-order valence-electron chi connectivity index (χ2n) is 6.91. The Morgan fingerprint density at radius 3 is 2.74 bits per heavy atom. The quantitative estimate of drug-likeness (QED) is 0.707. The largest absolute Gasteiger partial charge is 0.375 e. The number of fused-ring (bicyclic) bond motifs is 2. The van der Waals surface area contributed by atoms with Gasteiger partial charge in [-0.05, 0) is 18.2 Å². The van der Waals surface area contributed by atoms with Gasteiger partial charge in [-0.2, -0.15) is 0 Å². The number of aromatic nitrogens is 2. The molecule has 0 saturated carbocycles. The predicted molar refractivity (Wildman–Crippen MR) is 103 cm³/mol. The number of pyridine rings is 1. The second kappa shape index (κ2) is 5.81. The first kappa shape index (κ1) is 16.3. The van der Waals surface area contributed by atoms with E-state index in [4.69, 9.17) is 6.57 Å². The van der Waals surface area contributed by atoms with Crippen LogP contribution >= 0.6 is 0 Å². The van der Waals surface area contributed by atoms with Gasteiger partial charge in [0.1, 0.15) is 0 Å². The topological polar surface area (TPSA) is 71.6 Å². The van der Waals surface area contributed by atoms with Crippen LogP contribution in [-0.2, 0) is 10.0 Å². The van der Waals surface area contributed by atoms with Gasteiger partial charge in [-0.3, -0.25) is 0 Å². The molecule has 2 atom stereocenters. The fourth-order valence-corrected chi connectivity index (χ4v) is 5.42. The van der Waals surface area contributed by atoms with Gasteiger partial charge in [0, 0.05) is 49.4 Å². The molecule has 0 radical (unpaired) electrons. The highest BCUT2D eigenvalue weighted by molar-refractivity contribution is 7.90. The van der Waals surface area contributed by atoms with Crippen LogP contribution in [0.3, 0.4) is 0 Å². The highest BCUT2D eigenvalue weighted by Gasteiger charge is 2.43. The summed E-state index contributed by atoms with van der Waals surface area (Å²) in [5.41, 5.74) is 1.61. The van der Waals surface area contributed by atoms with Gasteiger partial charge in [0.05, 0.1) is 17.2 Å². The molecule has 2 fully saturated rings. The third-order valence-electron chi connectivity index (χ3n) is 5.48. The summed E-state index contributed by atoms with van der Waals surface area (Å²) in [7, 11) is -3.74. The van der Waals surface area contributed by atoms with Gasteiger partial charge in [0.25, 0.3) is 10.0 Å². The van der Waals surface area contributed by atoms with Gasteiger partial charge in [0.15, 0.2) is 5.65 Å². The van der Waals surface area contributed by atoms with Gasteiger partial charge >= 0.3 is 0 Å².